The van der Waals surface area contributed by atoms with Gasteiger partial charge in [0.1, 0.15) is 5.82 Å². The van der Waals surface area contributed by atoms with Crippen LogP contribution < -0.4 is 0 Å². The number of rotatable bonds is 9. The molecule has 0 nitrogen and oxygen atoms in total. The predicted octanol–water partition coefficient (Wildman–Crippen LogP) is 8.48. The van der Waals surface area contributed by atoms with Crippen molar-refractivity contribution in [3.05, 3.63) is 106 Å². The Hall–Kier alpha value is -3.29. The first-order chi connectivity index (χ1) is 16.7. The Morgan fingerprint density at radius 2 is 1.03 bits per heavy atom. The van der Waals surface area contributed by atoms with E-state index in [0.29, 0.717) is 11.1 Å². The topological polar surface area (TPSA) is 0 Å². The van der Waals surface area contributed by atoms with Crippen LogP contribution in [0.4, 0.5) is 4.39 Å². The van der Waals surface area contributed by atoms with Crippen LogP contribution in [-0.4, -0.2) is 0 Å². The van der Waals surface area contributed by atoms with Gasteiger partial charge in [0, 0.05) is 16.7 Å². The first-order valence-electron chi connectivity index (χ1n) is 12.7. The van der Waals surface area contributed by atoms with Gasteiger partial charge in [0.2, 0.25) is 0 Å². The molecule has 174 valence electrons. The van der Waals surface area contributed by atoms with Crippen LogP contribution in [0.5, 0.6) is 0 Å². The van der Waals surface area contributed by atoms with Crippen LogP contribution in [0.1, 0.15) is 92.2 Å². The van der Waals surface area contributed by atoms with Crippen LogP contribution in [0.2, 0.25) is 0 Å². The molecule has 0 bridgehead atoms. The van der Waals surface area contributed by atoms with Gasteiger partial charge in [-0.1, -0.05) is 93.9 Å². The molecule has 0 fully saturated rings. The predicted molar refractivity (Wildman–Crippen MR) is 142 cm³/mol. The van der Waals surface area contributed by atoms with Crippen LogP contribution in [0.3, 0.4) is 0 Å². The van der Waals surface area contributed by atoms with Crippen LogP contribution in [-0.2, 0) is 12.8 Å². The third-order valence-corrected chi connectivity index (χ3v) is 5.96. The lowest BCUT2D eigenvalue weighted by molar-refractivity contribution is 0.624. The van der Waals surface area contributed by atoms with Gasteiger partial charge >= 0.3 is 0 Å². The Morgan fingerprint density at radius 3 is 1.62 bits per heavy atom. The lowest BCUT2D eigenvalue weighted by Gasteiger charge is -2.02. The Morgan fingerprint density at radius 1 is 0.529 bits per heavy atom. The minimum absolute atomic E-state index is 0.336. The molecule has 1 heteroatoms. The highest BCUT2D eigenvalue weighted by molar-refractivity contribution is 5.49. The van der Waals surface area contributed by atoms with E-state index in [1.165, 1.54) is 62.1 Å². The quantitative estimate of drug-likeness (QED) is 0.226. The van der Waals surface area contributed by atoms with Gasteiger partial charge in [-0.3, -0.25) is 0 Å². The monoisotopic (exact) mass is 450 g/mol. The molecule has 0 heterocycles. The number of hydrogen-bond donors (Lipinski definition) is 0. The van der Waals surface area contributed by atoms with E-state index >= 15 is 0 Å². The van der Waals surface area contributed by atoms with Gasteiger partial charge < -0.3 is 0 Å². The number of aryl methyl sites for hydroxylation is 2. The fourth-order valence-corrected chi connectivity index (χ4v) is 3.80. The fraction of sp³-hybridized carbons (Fsp3) is 0.333. The average molecular weight is 451 g/mol. The summed E-state index contributed by atoms with van der Waals surface area (Å²) in [5.41, 5.74) is 5.56. The molecule has 0 aromatic heterocycles. The van der Waals surface area contributed by atoms with Gasteiger partial charge in [-0.25, -0.2) is 4.39 Å². The van der Waals surface area contributed by atoms with E-state index in [9.17, 15) is 4.39 Å². The van der Waals surface area contributed by atoms with E-state index in [2.05, 4.69) is 73.9 Å². The summed E-state index contributed by atoms with van der Waals surface area (Å²) in [5, 5.41) is 0. The van der Waals surface area contributed by atoms with Crippen molar-refractivity contribution >= 4 is 0 Å². The summed E-state index contributed by atoms with van der Waals surface area (Å²) in [4.78, 5) is 0. The van der Waals surface area contributed by atoms with Gasteiger partial charge in [0.25, 0.3) is 0 Å². The van der Waals surface area contributed by atoms with Crippen LogP contribution in [0.15, 0.2) is 66.7 Å². The van der Waals surface area contributed by atoms with Gasteiger partial charge in [0.15, 0.2) is 0 Å². The molecule has 0 aliphatic rings. The van der Waals surface area contributed by atoms with Gasteiger partial charge in [-0.05, 0) is 79.3 Å². The zero-order valence-corrected chi connectivity index (χ0v) is 20.6. The van der Waals surface area contributed by atoms with E-state index in [1.54, 1.807) is 6.07 Å². The van der Waals surface area contributed by atoms with Crippen molar-refractivity contribution in [2.24, 2.45) is 0 Å². The van der Waals surface area contributed by atoms with E-state index in [0.717, 1.165) is 24.0 Å². The van der Waals surface area contributed by atoms with Crippen molar-refractivity contribution < 1.29 is 4.39 Å². The van der Waals surface area contributed by atoms with Crippen LogP contribution in [0.25, 0.3) is 0 Å². The molecule has 0 radical (unpaired) electrons. The largest absolute Gasteiger partial charge is 0.206 e. The summed E-state index contributed by atoms with van der Waals surface area (Å²) in [5.74, 6) is 11.9. The minimum Gasteiger partial charge on any atom is -0.206 e. The molecule has 3 rings (SSSR count). The van der Waals surface area contributed by atoms with Crippen LogP contribution in [0, 0.1) is 29.5 Å². The van der Waals surface area contributed by atoms with E-state index in [1.807, 2.05) is 18.2 Å². The molecule has 0 aliphatic carbocycles. The number of halogens is 1. The summed E-state index contributed by atoms with van der Waals surface area (Å²) in [6, 6.07) is 21.7. The maximum absolute atomic E-state index is 14.6. The molecule has 34 heavy (non-hydrogen) atoms. The SMILES string of the molecule is CCCCCCCc1ccc(C#Cc2ccc(C#Cc3ccc(CCCC)cc3)c(F)c2)cc1. The Kier molecular flexibility index (Phi) is 10.5. The summed E-state index contributed by atoms with van der Waals surface area (Å²) in [6.07, 6.45) is 11.1. The molecule has 0 unspecified atom stereocenters. The summed E-state index contributed by atoms with van der Waals surface area (Å²) >= 11 is 0. The minimum atomic E-state index is -0.336. The maximum atomic E-state index is 14.6. The molecule has 0 aliphatic heterocycles. The molecule has 0 N–H and O–H groups in total. The third-order valence-electron chi connectivity index (χ3n) is 5.96. The molecule has 3 aromatic carbocycles. The molecule has 0 amide bonds. The molecular formula is C33H35F. The second-order valence-electron chi connectivity index (χ2n) is 8.86. The summed E-state index contributed by atoms with van der Waals surface area (Å²) < 4.78 is 14.6. The third kappa shape index (κ3) is 8.57. The first kappa shape index (κ1) is 25.3. The Labute approximate surface area is 205 Å². The lowest BCUT2D eigenvalue weighted by atomic mass is 10.0. The van der Waals surface area contributed by atoms with Gasteiger partial charge in [-0.2, -0.15) is 0 Å². The van der Waals surface area contributed by atoms with Crippen molar-refractivity contribution in [2.75, 3.05) is 0 Å². The van der Waals surface area contributed by atoms with E-state index in [4.69, 9.17) is 0 Å². The van der Waals surface area contributed by atoms with Crippen molar-refractivity contribution in [2.45, 2.75) is 71.6 Å². The first-order valence-corrected chi connectivity index (χ1v) is 12.7. The molecular weight excluding hydrogens is 415 g/mol. The van der Waals surface area contributed by atoms with Crippen molar-refractivity contribution in [1.29, 1.82) is 0 Å². The number of hydrogen-bond acceptors (Lipinski definition) is 0. The smallest absolute Gasteiger partial charge is 0.140 e. The number of benzene rings is 3. The fourth-order valence-electron chi connectivity index (χ4n) is 3.80. The Bertz CT molecular complexity index is 1150. The van der Waals surface area contributed by atoms with E-state index in [-0.39, 0.29) is 5.82 Å². The summed E-state index contributed by atoms with van der Waals surface area (Å²) in [6.45, 7) is 4.44. The highest BCUT2D eigenvalue weighted by atomic mass is 19.1. The van der Waals surface area contributed by atoms with E-state index < -0.39 is 0 Å². The highest BCUT2D eigenvalue weighted by Crippen LogP contribution is 2.12. The average Bonchev–Trinajstić information content (AvgIpc) is 2.87. The molecule has 3 aromatic rings. The lowest BCUT2D eigenvalue weighted by Crippen LogP contribution is -1.88. The Balaban J connectivity index is 1.57. The highest BCUT2D eigenvalue weighted by Gasteiger charge is 2.00. The second kappa shape index (κ2) is 14.1. The summed E-state index contributed by atoms with van der Waals surface area (Å²) in [7, 11) is 0. The molecule has 0 atom stereocenters. The van der Waals surface area contributed by atoms with Crippen LogP contribution >= 0.6 is 0 Å². The van der Waals surface area contributed by atoms with Gasteiger partial charge in [0.05, 0.1) is 5.56 Å². The van der Waals surface area contributed by atoms with Crippen molar-refractivity contribution in [3.63, 3.8) is 0 Å². The van der Waals surface area contributed by atoms with Crippen molar-refractivity contribution in [1.82, 2.24) is 0 Å². The number of unbranched alkanes of at least 4 members (excludes halogenated alkanes) is 5. The normalized spacial score (nSPS) is 10.2. The van der Waals surface area contributed by atoms with Crippen molar-refractivity contribution in [3.8, 4) is 23.7 Å². The standard InChI is InChI=1S/C33H35F/c1-3-5-7-8-9-11-28-14-16-29(17-15-28)20-21-31-23-25-32(33(34)26-31)24-22-30-18-12-27(13-19-30)10-6-4-2/h12-19,23,25-26H,3-11H2,1-2H3. The zero-order chi connectivity index (χ0) is 24.0. The molecule has 0 saturated heterocycles. The maximum Gasteiger partial charge on any atom is 0.140 e. The zero-order valence-electron chi connectivity index (χ0n) is 20.6. The second-order valence-corrected chi connectivity index (χ2v) is 8.86. The van der Waals surface area contributed by atoms with Gasteiger partial charge in [-0.15, -0.1) is 0 Å². The molecule has 0 spiro atoms. The molecule has 0 saturated carbocycles.